The molecule has 0 heterocycles. The summed E-state index contributed by atoms with van der Waals surface area (Å²) < 4.78 is 13.4. The van der Waals surface area contributed by atoms with Gasteiger partial charge in [0, 0.05) is 5.56 Å². The number of aryl methyl sites for hydroxylation is 1. The van der Waals surface area contributed by atoms with E-state index in [-0.39, 0.29) is 11.3 Å². The predicted octanol–water partition coefficient (Wildman–Crippen LogP) is 3.00. The standard InChI is InChI=1S/C10H10ClFO/c1-6-4-3-5-8(10(6)12)9(11)7(2)13/h3-5,9H,1-2H3. The minimum absolute atomic E-state index is 0.244. The van der Waals surface area contributed by atoms with E-state index < -0.39 is 11.2 Å². The van der Waals surface area contributed by atoms with Gasteiger partial charge in [0.1, 0.15) is 11.2 Å². The molecule has 0 aliphatic rings. The molecular formula is C10H10ClFO. The van der Waals surface area contributed by atoms with E-state index in [1.54, 1.807) is 19.1 Å². The van der Waals surface area contributed by atoms with Gasteiger partial charge in [0.25, 0.3) is 0 Å². The number of Topliss-reactive ketones (excluding diaryl/α,β-unsaturated/α-hetero) is 1. The van der Waals surface area contributed by atoms with Crippen molar-refractivity contribution in [2.24, 2.45) is 0 Å². The van der Waals surface area contributed by atoms with E-state index in [9.17, 15) is 9.18 Å². The summed E-state index contributed by atoms with van der Waals surface area (Å²) in [7, 11) is 0. The molecule has 1 aromatic carbocycles. The molecule has 0 radical (unpaired) electrons. The Morgan fingerprint density at radius 3 is 2.69 bits per heavy atom. The molecule has 0 saturated heterocycles. The van der Waals surface area contributed by atoms with Gasteiger partial charge in [-0.15, -0.1) is 11.6 Å². The van der Waals surface area contributed by atoms with Crippen molar-refractivity contribution in [2.45, 2.75) is 19.2 Å². The third kappa shape index (κ3) is 2.07. The lowest BCUT2D eigenvalue weighted by molar-refractivity contribution is -0.116. The van der Waals surface area contributed by atoms with E-state index >= 15 is 0 Å². The first-order valence-corrected chi connectivity index (χ1v) is 4.37. The van der Waals surface area contributed by atoms with Crippen LogP contribution in [0.1, 0.15) is 23.4 Å². The van der Waals surface area contributed by atoms with Crippen molar-refractivity contribution >= 4 is 17.4 Å². The average Bonchev–Trinajstić information content (AvgIpc) is 2.08. The van der Waals surface area contributed by atoms with Gasteiger partial charge in [-0.1, -0.05) is 18.2 Å². The minimum Gasteiger partial charge on any atom is -0.298 e. The van der Waals surface area contributed by atoms with E-state index in [1.807, 2.05) is 0 Å². The first kappa shape index (κ1) is 10.2. The van der Waals surface area contributed by atoms with Crippen molar-refractivity contribution < 1.29 is 9.18 Å². The molecule has 0 aliphatic carbocycles. The van der Waals surface area contributed by atoms with E-state index in [4.69, 9.17) is 11.6 Å². The fourth-order valence-corrected chi connectivity index (χ4v) is 1.25. The van der Waals surface area contributed by atoms with Crippen molar-refractivity contribution in [1.29, 1.82) is 0 Å². The maximum atomic E-state index is 13.4. The van der Waals surface area contributed by atoms with Gasteiger partial charge in [0.15, 0.2) is 5.78 Å². The van der Waals surface area contributed by atoms with E-state index in [0.717, 1.165) is 0 Å². The van der Waals surface area contributed by atoms with Crippen molar-refractivity contribution in [3.63, 3.8) is 0 Å². The van der Waals surface area contributed by atoms with E-state index in [1.165, 1.54) is 13.0 Å². The lowest BCUT2D eigenvalue weighted by Crippen LogP contribution is -2.04. The molecule has 0 N–H and O–H groups in total. The largest absolute Gasteiger partial charge is 0.298 e. The maximum Gasteiger partial charge on any atom is 0.152 e. The van der Waals surface area contributed by atoms with Crippen molar-refractivity contribution in [2.75, 3.05) is 0 Å². The summed E-state index contributed by atoms with van der Waals surface area (Å²) in [5.41, 5.74) is 0.763. The summed E-state index contributed by atoms with van der Waals surface area (Å²) in [6.07, 6.45) is 0. The third-order valence-electron chi connectivity index (χ3n) is 1.85. The quantitative estimate of drug-likeness (QED) is 0.671. The zero-order valence-corrected chi connectivity index (χ0v) is 8.23. The summed E-state index contributed by atoms with van der Waals surface area (Å²) in [5, 5.41) is -0.875. The Morgan fingerprint density at radius 1 is 1.54 bits per heavy atom. The molecule has 1 nitrogen and oxygen atoms in total. The molecule has 70 valence electrons. The second-order valence-corrected chi connectivity index (χ2v) is 3.39. The first-order valence-electron chi connectivity index (χ1n) is 3.93. The van der Waals surface area contributed by atoms with Crippen LogP contribution in [0.4, 0.5) is 4.39 Å². The summed E-state index contributed by atoms with van der Waals surface area (Å²) in [6.45, 7) is 2.99. The van der Waals surface area contributed by atoms with Crippen LogP contribution in [0.15, 0.2) is 18.2 Å². The van der Waals surface area contributed by atoms with Gasteiger partial charge < -0.3 is 0 Å². The van der Waals surface area contributed by atoms with Gasteiger partial charge in [-0.3, -0.25) is 4.79 Å². The van der Waals surface area contributed by atoms with E-state index in [2.05, 4.69) is 0 Å². The molecule has 1 aromatic rings. The Kier molecular flexibility index (Phi) is 3.04. The molecule has 0 saturated carbocycles. The molecule has 0 spiro atoms. The van der Waals surface area contributed by atoms with E-state index in [0.29, 0.717) is 5.56 Å². The average molecular weight is 201 g/mol. The van der Waals surface area contributed by atoms with Crippen LogP contribution in [0.5, 0.6) is 0 Å². The normalized spacial score (nSPS) is 12.6. The topological polar surface area (TPSA) is 17.1 Å². The summed E-state index contributed by atoms with van der Waals surface area (Å²) >= 11 is 5.73. The Labute approximate surface area is 81.5 Å². The van der Waals surface area contributed by atoms with Gasteiger partial charge in [0.05, 0.1) is 0 Å². The van der Waals surface area contributed by atoms with Gasteiger partial charge in [-0.05, 0) is 19.4 Å². The third-order valence-corrected chi connectivity index (χ3v) is 2.39. The summed E-state index contributed by atoms with van der Waals surface area (Å²) in [5.74, 6) is -0.635. The maximum absolute atomic E-state index is 13.4. The minimum atomic E-state index is -0.875. The fourth-order valence-electron chi connectivity index (χ4n) is 1.08. The highest BCUT2D eigenvalue weighted by Gasteiger charge is 2.17. The van der Waals surface area contributed by atoms with Crippen LogP contribution >= 0.6 is 11.6 Å². The molecule has 0 bridgehead atoms. The Balaban J connectivity index is 3.15. The second-order valence-electron chi connectivity index (χ2n) is 2.95. The number of hydrogen-bond acceptors (Lipinski definition) is 1. The van der Waals surface area contributed by atoms with Crippen LogP contribution in [-0.2, 0) is 4.79 Å². The van der Waals surface area contributed by atoms with Gasteiger partial charge in [-0.2, -0.15) is 0 Å². The van der Waals surface area contributed by atoms with Crippen LogP contribution in [0, 0.1) is 12.7 Å². The molecule has 3 heteroatoms. The van der Waals surface area contributed by atoms with Gasteiger partial charge in [-0.25, -0.2) is 4.39 Å². The van der Waals surface area contributed by atoms with Gasteiger partial charge >= 0.3 is 0 Å². The molecule has 0 amide bonds. The number of ketones is 1. The number of carbonyl (C=O) groups excluding carboxylic acids is 1. The number of benzene rings is 1. The predicted molar refractivity (Wildman–Crippen MR) is 50.4 cm³/mol. The van der Waals surface area contributed by atoms with Crippen molar-refractivity contribution in [1.82, 2.24) is 0 Å². The number of alkyl halides is 1. The Morgan fingerprint density at radius 2 is 2.15 bits per heavy atom. The first-order chi connectivity index (χ1) is 6.04. The van der Waals surface area contributed by atoms with Crippen LogP contribution in [-0.4, -0.2) is 5.78 Å². The van der Waals surface area contributed by atoms with Crippen LogP contribution in [0.25, 0.3) is 0 Å². The number of rotatable bonds is 2. The highest BCUT2D eigenvalue weighted by Crippen LogP contribution is 2.25. The molecule has 13 heavy (non-hydrogen) atoms. The molecule has 0 fully saturated rings. The molecule has 1 atom stereocenters. The number of hydrogen-bond donors (Lipinski definition) is 0. The van der Waals surface area contributed by atoms with Crippen LogP contribution < -0.4 is 0 Å². The van der Waals surface area contributed by atoms with Crippen molar-refractivity contribution in [3.05, 3.63) is 35.1 Å². The highest BCUT2D eigenvalue weighted by molar-refractivity contribution is 6.30. The monoisotopic (exact) mass is 200 g/mol. The summed E-state index contributed by atoms with van der Waals surface area (Å²) in [4.78, 5) is 10.9. The SMILES string of the molecule is CC(=O)C(Cl)c1cccc(C)c1F. The zero-order valence-electron chi connectivity index (χ0n) is 7.47. The highest BCUT2D eigenvalue weighted by atomic mass is 35.5. The number of carbonyl (C=O) groups is 1. The van der Waals surface area contributed by atoms with Crippen LogP contribution in [0.2, 0.25) is 0 Å². The van der Waals surface area contributed by atoms with Crippen LogP contribution in [0.3, 0.4) is 0 Å². The lowest BCUT2D eigenvalue weighted by atomic mass is 10.1. The lowest BCUT2D eigenvalue weighted by Gasteiger charge is -2.08. The molecule has 1 unspecified atom stereocenters. The van der Waals surface area contributed by atoms with Gasteiger partial charge in [0.2, 0.25) is 0 Å². The second kappa shape index (κ2) is 3.88. The summed E-state index contributed by atoms with van der Waals surface area (Å²) in [6, 6.07) is 4.86. The molecular weight excluding hydrogens is 191 g/mol. The zero-order chi connectivity index (χ0) is 10.0. The molecule has 0 aliphatic heterocycles. The Hall–Kier alpha value is -0.890. The molecule has 0 aromatic heterocycles. The Bertz CT molecular complexity index is 336. The number of halogens is 2. The smallest absolute Gasteiger partial charge is 0.152 e. The molecule has 1 rings (SSSR count). The van der Waals surface area contributed by atoms with Crippen molar-refractivity contribution in [3.8, 4) is 0 Å². The fraction of sp³-hybridized carbons (Fsp3) is 0.300.